The van der Waals surface area contributed by atoms with Crippen LogP contribution in [-0.2, 0) is 24.5 Å². The van der Waals surface area contributed by atoms with E-state index in [1.165, 1.54) is 16.7 Å². The van der Waals surface area contributed by atoms with Gasteiger partial charge in [0.2, 0.25) is 0 Å². The van der Waals surface area contributed by atoms with Gasteiger partial charge in [-0.05, 0) is 53.5 Å². The minimum atomic E-state index is 0.592. The lowest BCUT2D eigenvalue weighted by Gasteiger charge is -2.12. The summed E-state index contributed by atoms with van der Waals surface area (Å²) in [4.78, 5) is 0. The van der Waals surface area contributed by atoms with Crippen LogP contribution in [-0.4, -0.2) is 5.11 Å². The molecule has 0 aromatic heterocycles. The molecular formula is C23H24N2OS. The Kier molecular flexibility index (Phi) is 6.97. The van der Waals surface area contributed by atoms with E-state index in [1.807, 2.05) is 30.3 Å². The molecule has 0 bridgehead atoms. The van der Waals surface area contributed by atoms with Crippen molar-refractivity contribution in [3.05, 3.63) is 101 Å². The highest BCUT2D eigenvalue weighted by molar-refractivity contribution is 7.80. The predicted octanol–water partition coefficient (Wildman–Crippen LogP) is 5.20. The summed E-state index contributed by atoms with van der Waals surface area (Å²) < 4.78 is 5.82. The van der Waals surface area contributed by atoms with E-state index in [9.17, 15) is 0 Å². The zero-order chi connectivity index (χ0) is 18.9. The molecule has 138 valence electrons. The number of hydrogen-bond acceptors (Lipinski definition) is 2. The van der Waals surface area contributed by atoms with Crippen LogP contribution in [0.1, 0.15) is 22.3 Å². The van der Waals surface area contributed by atoms with Gasteiger partial charge in [-0.2, -0.15) is 0 Å². The summed E-state index contributed by atoms with van der Waals surface area (Å²) in [6, 6.07) is 26.7. The van der Waals surface area contributed by atoms with Crippen LogP contribution in [0.5, 0.6) is 0 Å². The van der Waals surface area contributed by atoms with E-state index in [4.69, 9.17) is 17.0 Å². The Morgan fingerprint density at radius 2 is 1.52 bits per heavy atom. The number of rotatable bonds is 7. The minimum Gasteiger partial charge on any atom is -0.372 e. The third-order valence-electron chi connectivity index (χ3n) is 4.10. The minimum absolute atomic E-state index is 0.592. The van der Waals surface area contributed by atoms with E-state index in [1.54, 1.807) is 0 Å². The van der Waals surface area contributed by atoms with Gasteiger partial charge in [-0.1, -0.05) is 66.7 Å². The molecule has 2 N–H and O–H groups in total. The summed E-state index contributed by atoms with van der Waals surface area (Å²) in [5, 5.41) is 7.09. The summed E-state index contributed by atoms with van der Waals surface area (Å²) in [6.07, 6.45) is 0. The van der Waals surface area contributed by atoms with Gasteiger partial charge in [0, 0.05) is 12.2 Å². The quantitative estimate of drug-likeness (QED) is 0.556. The molecule has 0 atom stereocenters. The molecule has 3 rings (SSSR count). The van der Waals surface area contributed by atoms with Gasteiger partial charge in [-0.25, -0.2) is 0 Å². The molecule has 4 heteroatoms. The summed E-state index contributed by atoms with van der Waals surface area (Å²) in [7, 11) is 0. The summed E-state index contributed by atoms with van der Waals surface area (Å²) >= 11 is 5.39. The van der Waals surface area contributed by atoms with E-state index in [0.717, 1.165) is 11.3 Å². The standard InChI is InChI=1S/C23H24N2OS/c1-18-7-5-12-22(13-18)25-23(27)24-15-20-10-6-11-21(14-20)17-26-16-19-8-3-2-4-9-19/h2-14H,15-17H2,1H3,(H2,24,25,27). The van der Waals surface area contributed by atoms with E-state index in [-0.39, 0.29) is 0 Å². The van der Waals surface area contributed by atoms with Crippen molar-refractivity contribution in [1.29, 1.82) is 0 Å². The first-order chi connectivity index (χ1) is 13.2. The van der Waals surface area contributed by atoms with Crippen LogP contribution in [0.25, 0.3) is 0 Å². The highest BCUT2D eigenvalue weighted by atomic mass is 32.1. The Labute approximate surface area is 166 Å². The van der Waals surface area contributed by atoms with Gasteiger partial charge in [0.1, 0.15) is 0 Å². The lowest BCUT2D eigenvalue weighted by Crippen LogP contribution is -2.27. The fraction of sp³-hybridized carbons (Fsp3) is 0.174. The largest absolute Gasteiger partial charge is 0.372 e. The lowest BCUT2D eigenvalue weighted by molar-refractivity contribution is 0.107. The summed E-state index contributed by atoms with van der Waals surface area (Å²) in [5.41, 5.74) is 5.71. The van der Waals surface area contributed by atoms with Gasteiger partial charge in [0.05, 0.1) is 13.2 Å². The van der Waals surface area contributed by atoms with Gasteiger partial charge in [-0.3, -0.25) is 0 Å². The van der Waals surface area contributed by atoms with Crippen molar-refractivity contribution in [2.75, 3.05) is 5.32 Å². The fourth-order valence-corrected chi connectivity index (χ4v) is 2.96. The maximum atomic E-state index is 5.82. The molecule has 3 aromatic rings. The molecule has 0 saturated heterocycles. The van der Waals surface area contributed by atoms with Crippen LogP contribution in [0.15, 0.2) is 78.9 Å². The molecule has 3 nitrogen and oxygen atoms in total. The molecular weight excluding hydrogens is 352 g/mol. The second-order valence-corrected chi connectivity index (χ2v) is 6.88. The van der Waals surface area contributed by atoms with Crippen LogP contribution < -0.4 is 10.6 Å². The fourth-order valence-electron chi connectivity index (χ4n) is 2.77. The third-order valence-corrected chi connectivity index (χ3v) is 4.35. The molecule has 0 spiro atoms. The number of aryl methyl sites for hydroxylation is 1. The average molecular weight is 377 g/mol. The van der Waals surface area contributed by atoms with E-state index in [0.29, 0.717) is 24.9 Å². The van der Waals surface area contributed by atoms with Crippen LogP contribution in [0.4, 0.5) is 5.69 Å². The van der Waals surface area contributed by atoms with Crippen LogP contribution in [0.3, 0.4) is 0 Å². The number of ether oxygens (including phenoxy) is 1. The van der Waals surface area contributed by atoms with Gasteiger partial charge < -0.3 is 15.4 Å². The molecule has 0 unspecified atom stereocenters. The van der Waals surface area contributed by atoms with Gasteiger partial charge in [0.15, 0.2) is 5.11 Å². The first kappa shape index (κ1) is 19.1. The maximum Gasteiger partial charge on any atom is 0.171 e. The first-order valence-electron chi connectivity index (χ1n) is 9.00. The van der Waals surface area contributed by atoms with E-state index < -0.39 is 0 Å². The topological polar surface area (TPSA) is 33.3 Å². The molecule has 0 radical (unpaired) electrons. The normalized spacial score (nSPS) is 10.4. The van der Waals surface area contributed by atoms with Crippen molar-refractivity contribution in [2.45, 2.75) is 26.7 Å². The molecule has 0 aliphatic carbocycles. The summed E-state index contributed by atoms with van der Waals surface area (Å²) in [5.74, 6) is 0. The Bertz CT molecular complexity index is 880. The zero-order valence-corrected chi connectivity index (χ0v) is 16.3. The van der Waals surface area contributed by atoms with Crippen molar-refractivity contribution in [1.82, 2.24) is 5.32 Å². The van der Waals surface area contributed by atoms with Gasteiger partial charge in [-0.15, -0.1) is 0 Å². The molecule has 0 aliphatic rings. The second kappa shape index (κ2) is 9.86. The smallest absolute Gasteiger partial charge is 0.171 e. The zero-order valence-electron chi connectivity index (χ0n) is 15.4. The Morgan fingerprint density at radius 3 is 2.33 bits per heavy atom. The first-order valence-corrected chi connectivity index (χ1v) is 9.41. The molecule has 0 saturated carbocycles. The number of hydrogen-bond donors (Lipinski definition) is 2. The highest BCUT2D eigenvalue weighted by Crippen LogP contribution is 2.11. The number of nitrogens with one attached hydrogen (secondary N) is 2. The van der Waals surface area contributed by atoms with E-state index >= 15 is 0 Å². The SMILES string of the molecule is Cc1cccc(NC(=S)NCc2cccc(COCc3ccccc3)c2)c1. The Balaban J connectivity index is 1.46. The number of anilines is 1. The van der Waals surface area contributed by atoms with Gasteiger partial charge >= 0.3 is 0 Å². The van der Waals surface area contributed by atoms with Crippen LogP contribution in [0, 0.1) is 6.92 Å². The summed E-state index contributed by atoms with van der Waals surface area (Å²) in [6.45, 7) is 3.94. The monoisotopic (exact) mass is 376 g/mol. The average Bonchev–Trinajstić information content (AvgIpc) is 2.68. The van der Waals surface area contributed by atoms with E-state index in [2.05, 4.69) is 66.1 Å². The molecule has 27 heavy (non-hydrogen) atoms. The Morgan fingerprint density at radius 1 is 0.815 bits per heavy atom. The van der Waals surface area contributed by atoms with Crippen molar-refractivity contribution in [3.63, 3.8) is 0 Å². The lowest BCUT2D eigenvalue weighted by atomic mass is 10.1. The van der Waals surface area contributed by atoms with Crippen LogP contribution >= 0.6 is 12.2 Å². The maximum absolute atomic E-state index is 5.82. The van der Waals surface area contributed by atoms with Crippen molar-refractivity contribution in [3.8, 4) is 0 Å². The number of benzene rings is 3. The Hall–Kier alpha value is -2.69. The van der Waals surface area contributed by atoms with Crippen molar-refractivity contribution < 1.29 is 4.74 Å². The molecule has 0 amide bonds. The van der Waals surface area contributed by atoms with Gasteiger partial charge in [0.25, 0.3) is 0 Å². The number of thiocarbonyl (C=S) groups is 1. The molecule has 0 aliphatic heterocycles. The molecule has 3 aromatic carbocycles. The second-order valence-electron chi connectivity index (χ2n) is 6.48. The third kappa shape index (κ3) is 6.51. The van der Waals surface area contributed by atoms with Crippen LogP contribution in [0.2, 0.25) is 0 Å². The van der Waals surface area contributed by atoms with Crippen molar-refractivity contribution in [2.24, 2.45) is 0 Å². The van der Waals surface area contributed by atoms with Crippen molar-refractivity contribution >= 4 is 23.0 Å². The predicted molar refractivity (Wildman–Crippen MR) is 116 cm³/mol. The molecule has 0 heterocycles. The highest BCUT2D eigenvalue weighted by Gasteiger charge is 2.01. The molecule has 0 fully saturated rings.